The molecule has 7 heteroatoms. The van der Waals surface area contributed by atoms with Crippen LogP contribution in [0.3, 0.4) is 0 Å². The van der Waals surface area contributed by atoms with Crippen molar-refractivity contribution in [1.29, 1.82) is 0 Å². The molecule has 1 aliphatic heterocycles. The van der Waals surface area contributed by atoms with Crippen molar-refractivity contribution >= 4 is 16.1 Å². The molecule has 0 radical (unpaired) electrons. The number of sulfonamides is 1. The summed E-state index contributed by atoms with van der Waals surface area (Å²) in [6.07, 6.45) is 2.06. The molecule has 6 nitrogen and oxygen atoms in total. The fraction of sp³-hybridized carbons (Fsp3) is 0.588. The lowest BCUT2D eigenvalue weighted by molar-refractivity contribution is 0.239. The summed E-state index contributed by atoms with van der Waals surface area (Å²) in [7, 11) is -3.20. The lowest BCUT2D eigenvalue weighted by Crippen LogP contribution is -2.42. The average Bonchev–Trinajstić information content (AvgIpc) is 3.27. The van der Waals surface area contributed by atoms with E-state index in [1.54, 1.807) is 0 Å². The second-order valence-electron chi connectivity index (χ2n) is 7.17. The predicted molar refractivity (Wildman–Crippen MR) is 93.2 cm³/mol. The number of rotatable bonds is 5. The predicted octanol–water partition coefficient (Wildman–Crippen LogP) is 1.83. The van der Waals surface area contributed by atoms with Gasteiger partial charge in [0.25, 0.3) is 0 Å². The first-order chi connectivity index (χ1) is 11.3. The molecule has 1 aromatic rings. The third-order valence-corrected chi connectivity index (χ3v) is 7.29. The molecule has 1 atom stereocenters. The van der Waals surface area contributed by atoms with E-state index < -0.39 is 14.8 Å². The van der Waals surface area contributed by atoms with Crippen molar-refractivity contribution in [2.24, 2.45) is 0 Å². The van der Waals surface area contributed by atoms with E-state index in [-0.39, 0.29) is 12.1 Å². The first kappa shape index (κ1) is 17.2. The molecule has 1 spiro atoms. The number of carbonyl (C=O) groups is 1. The highest BCUT2D eigenvalue weighted by atomic mass is 32.2. The third-order valence-electron chi connectivity index (χ3n) is 4.93. The van der Waals surface area contributed by atoms with Gasteiger partial charge in [0.05, 0.1) is 4.75 Å². The minimum atomic E-state index is -3.20. The fourth-order valence-electron chi connectivity index (χ4n) is 3.15. The highest BCUT2D eigenvalue weighted by Crippen LogP contribution is 2.50. The van der Waals surface area contributed by atoms with E-state index in [9.17, 15) is 13.2 Å². The average molecular weight is 351 g/mol. The molecule has 2 fully saturated rings. The van der Waals surface area contributed by atoms with Crippen LogP contribution >= 0.6 is 0 Å². The van der Waals surface area contributed by atoms with Crippen molar-refractivity contribution in [2.75, 3.05) is 6.54 Å². The van der Waals surface area contributed by atoms with Crippen LogP contribution in [0.4, 0.5) is 4.79 Å². The van der Waals surface area contributed by atoms with Gasteiger partial charge in [-0.1, -0.05) is 38.1 Å². The van der Waals surface area contributed by atoms with Gasteiger partial charge in [-0.2, -0.15) is 0 Å². The van der Waals surface area contributed by atoms with E-state index in [4.69, 9.17) is 0 Å². The van der Waals surface area contributed by atoms with Crippen molar-refractivity contribution in [3.05, 3.63) is 35.4 Å². The zero-order valence-corrected chi connectivity index (χ0v) is 14.9. The minimum Gasteiger partial charge on any atom is -0.337 e. The number of carbonyl (C=O) groups excluding carboxylic acids is 1. The number of urea groups is 1. The maximum Gasteiger partial charge on any atom is 0.315 e. The Morgan fingerprint density at radius 2 is 1.92 bits per heavy atom. The lowest BCUT2D eigenvalue weighted by atomic mass is 10.0. The lowest BCUT2D eigenvalue weighted by Gasteiger charge is -2.12. The summed E-state index contributed by atoms with van der Waals surface area (Å²) in [5.74, 6) is 0.486. The van der Waals surface area contributed by atoms with Crippen LogP contribution in [0.1, 0.15) is 50.2 Å². The molecule has 1 saturated heterocycles. The molecule has 132 valence electrons. The fourth-order valence-corrected chi connectivity index (χ4v) is 5.07. The van der Waals surface area contributed by atoms with E-state index in [0.717, 1.165) is 18.4 Å². The van der Waals surface area contributed by atoms with Crippen molar-refractivity contribution in [1.82, 2.24) is 15.4 Å². The summed E-state index contributed by atoms with van der Waals surface area (Å²) < 4.78 is 26.0. The molecule has 1 unspecified atom stereocenters. The van der Waals surface area contributed by atoms with Crippen LogP contribution in [0.2, 0.25) is 0 Å². The number of benzene rings is 1. The molecule has 2 amide bonds. The zero-order chi connectivity index (χ0) is 17.4. The van der Waals surface area contributed by atoms with Gasteiger partial charge in [0.15, 0.2) is 0 Å². The molecule has 1 saturated carbocycles. The Balaban J connectivity index is 1.42. The van der Waals surface area contributed by atoms with Crippen LogP contribution in [-0.4, -0.2) is 31.8 Å². The quantitative estimate of drug-likeness (QED) is 0.756. The normalized spacial score (nSPS) is 23.4. The Kier molecular flexibility index (Phi) is 4.57. The summed E-state index contributed by atoms with van der Waals surface area (Å²) in [6.45, 7) is 5.05. The second kappa shape index (κ2) is 6.37. The first-order valence-corrected chi connectivity index (χ1v) is 9.92. The molecule has 1 aromatic carbocycles. The van der Waals surface area contributed by atoms with Crippen LogP contribution in [0, 0.1) is 0 Å². The second-order valence-corrected chi connectivity index (χ2v) is 9.27. The zero-order valence-electron chi connectivity index (χ0n) is 14.1. The van der Waals surface area contributed by atoms with Gasteiger partial charge in [0.2, 0.25) is 10.0 Å². The van der Waals surface area contributed by atoms with Gasteiger partial charge in [0, 0.05) is 19.1 Å². The largest absolute Gasteiger partial charge is 0.337 e. The monoisotopic (exact) mass is 351 g/mol. The molecule has 3 N–H and O–H groups in total. The van der Waals surface area contributed by atoms with E-state index in [0.29, 0.717) is 25.4 Å². The summed E-state index contributed by atoms with van der Waals surface area (Å²) in [4.78, 5) is 11.9. The molecular formula is C17H25N3O3S. The van der Waals surface area contributed by atoms with Crippen LogP contribution in [0.5, 0.6) is 0 Å². The van der Waals surface area contributed by atoms with Crippen LogP contribution < -0.4 is 15.4 Å². The van der Waals surface area contributed by atoms with E-state index in [2.05, 4.69) is 41.3 Å². The molecule has 1 heterocycles. The summed E-state index contributed by atoms with van der Waals surface area (Å²) in [5, 5.41) is 5.55. The maximum absolute atomic E-state index is 11.9. The van der Waals surface area contributed by atoms with Gasteiger partial charge in [-0.25, -0.2) is 17.9 Å². The number of hydrogen-bond acceptors (Lipinski definition) is 3. The molecular weight excluding hydrogens is 326 g/mol. The Bertz CT molecular complexity index is 709. The van der Waals surface area contributed by atoms with Gasteiger partial charge < -0.3 is 10.6 Å². The topological polar surface area (TPSA) is 87.3 Å². The summed E-state index contributed by atoms with van der Waals surface area (Å²) in [5.41, 5.74) is 2.30. The summed E-state index contributed by atoms with van der Waals surface area (Å²) in [6, 6.07) is 7.69. The Morgan fingerprint density at radius 3 is 2.46 bits per heavy atom. The van der Waals surface area contributed by atoms with Crippen LogP contribution in [0.25, 0.3) is 0 Å². The van der Waals surface area contributed by atoms with Crippen LogP contribution in [-0.2, 0) is 16.6 Å². The van der Waals surface area contributed by atoms with Crippen molar-refractivity contribution in [3.63, 3.8) is 0 Å². The van der Waals surface area contributed by atoms with Gasteiger partial charge in [-0.15, -0.1) is 0 Å². The number of amides is 2. The Hall–Kier alpha value is -1.60. The highest BCUT2D eigenvalue weighted by Gasteiger charge is 2.60. The molecule has 24 heavy (non-hydrogen) atoms. The van der Waals surface area contributed by atoms with Crippen LogP contribution in [0.15, 0.2) is 24.3 Å². The molecule has 0 bridgehead atoms. The van der Waals surface area contributed by atoms with E-state index in [1.807, 2.05) is 12.1 Å². The molecule has 3 rings (SSSR count). The van der Waals surface area contributed by atoms with Crippen molar-refractivity contribution in [3.8, 4) is 0 Å². The summed E-state index contributed by atoms with van der Waals surface area (Å²) >= 11 is 0. The Labute approximate surface area is 143 Å². The number of hydrogen-bond donors (Lipinski definition) is 3. The molecule has 0 aromatic heterocycles. The highest BCUT2D eigenvalue weighted by molar-refractivity contribution is 7.91. The van der Waals surface area contributed by atoms with Gasteiger partial charge in [-0.05, 0) is 36.3 Å². The standard InChI is InChI=1S/C17H25N3O3S/c1-12(2)14-5-3-13(4-6-14)10-18-16(21)19-11-15-9-17(7-8-17)24(22,23)20-15/h3-6,12,15,20H,7-11H2,1-2H3,(H2,18,19,21). The van der Waals surface area contributed by atoms with Crippen molar-refractivity contribution in [2.45, 2.75) is 56.4 Å². The smallest absolute Gasteiger partial charge is 0.315 e. The minimum absolute atomic E-state index is 0.200. The SMILES string of the molecule is CC(C)c1ccc(CNC(=O)NCC2CC3(CC3)S(=O)(=O)N2)cc1. The molecule has 1 aliphatic carbocycles. The third kappa shape index (κ3) is 3.57. The first-order valence-electron chi connectivity index (χ1n) is 8.44. The maximum atomic E-state index is 11.9. The number of nitrogens with one attached hydrogen (secondary N) is 3. The van der Waals surface area contributed by atoms with E-state index >= 15 is 0 Å². The Morgan fingerprint density at radius 1 is 1.25 bits per heavy atom. The van der Waals surface area contributed by atoms with Crippen molar-refractivity contribution < 1.29 is 13.2 Å². The van der Waals surface area contributed by atoms with Gasteiger partial charge in [-0.3, -0.25) is 0 Å². The van der Waals surface area contributed by atoms with Gasteiger partial charge >= 0.3 is 6.03 Å². The molecule has 2 aliphatic rings. The van der Waals surface area contributed by atoms with E-state index in [1.165, 1.54) is 5.56 Å². The van der Waals surface area contributed by atoms with Gasteiger partial charge in [0.1, 0.15) is 0 Å².